The minimum Gasteiger partial charge on any atom is -0.497 e. The van der Waals surface area contributed by atoms with Crippen molar-refractivity contribution in [1.82, 2.24) is 9.88 Å². The third-order valence-electron chi connectivity index (χ3n) is 6.08. The molecule has 1 N–H and O–H groups in total. The number of carbonyl (C=O) groups excluding carboxylic acids is 1. The Labute approximate surface area is 169 Å². The molecule has 2 saturated carbocycles. The highest BCUT2D eigenvalue weighted by atomic mass is 16.5. The van der Waals surface area contributed by atoms with Gasteiger partial charge in [0.2, 0.25) is 0 Å². The summed E-state index contributed by atoms with van der Waals surface area (Å²) in [4.78, 5) is 18.5. The highest BCUT2D eigenvalue weighted by Crippen LogP contribution is 2.47. The number of aromatic nitrogens is 1. The van der Waals surface area contributed by atoms with Crippen molar-refractivity contribution in [2.75, 3.05) is 14.2 Å². The molecule has 6 heteroatoms. The number of fused-ring (bicyclic) bond motifs is 1. The Morgan fingerprint density at radius 3 is 2.66 bits per heavy atom. The van der Waals surface area contributed by atoms with Crippen molar-refractivity contribution < 1.29 is 18.7 Å². The number of hydrogen-bond donors (Lipinski definition) is 1. The van der Waals surface area contributed by atoms with Crippen LogP contribution in [-0.4, -0.2) is 36.1 Å². The smallest absolute Gasteiger partial charge is 0.270 e. The maximum absolute atomic E-state index is 13.3. The lowest BCUT2D eigenvalue weighted by molar-refractivity contribution is 0.0711. The van der Waals surface area contributed by atoms with Crippen LogP contribution in [0.3, 0.4) is 0 Å². The molecule has 2 atom stereocenters. The molecule has 6 nitrogen and oxygen atoms in total. The first kappa shape index (κ1) is 18.2. The van der Waals surface area contributed by atoms with Crippen LogP contribution in [0.25, 0.3) is 10.9 Å². The van der Waals surface area contributed by atoms with E-state index >= 15 is 0 Å². The number of H-pyrrole nitrogens is 1. The third kappa shape index (κ3) is 3.37. The zero-order chi connectivity index (χ0) is 20.1. The molecule has 3 aromatic rings. The Kier molecular flexibility index (Phi) is 4.30. The number of nitrogens with one attached hydrogen (secondary N) is 1. The molecule has 0 radical (unpaired) electrons. The molecule has 152 valence electrons. The van der Waals surface area contributed by atoms with Crippen molar-refractivity contribution in [2.45, 2.75) is 44.7 Å². The van der Waals surface area contributed by atoms with Gasteiger partial charge in [-0.2, -0.15) is 0 Å². The second kappa shape index (κ2) is 6.87. The van der Waals surface area contributed by atoms with Crippen LogP contribution in [0.4, 0.5) is 0 Å². The van der Waals surface area contributed by atoms with E-state index in [0.717, 1.165) is 35.3 Å². The van der Waals surface area contributed by atoms with Gasteiger partial charge in [0.1, 0.15) is 28.7 Å². The summed E-state index contributed by atoms with van der Waals surface area (Å²) in [6, 6.07) is 9.95. The number of methoxy groups -OCH3 is 2. The minimum absolute atomic E-state index is 0.0116. The Morgan fingerprint density at radius 2 is 2.00 bits per heavy atom. The summed E-state index contributed by atoms with van der Waals surface area (Å²) in [6.45, 7) is 2.74. The number of hydrogen-bond acceptors (Lipinski definition) is 4. The van der Waals surface area contributed by atoms with E-state index in [1.807, 2.05) is 29.2 Å². The Balaban J connectivity index is 1.42. The number of aromatic amines is 1. The monoisotopic (exact) mass is 394 g/mol. The van der Waals surface area contributed by atoms with Gasteiger partial charge in [0, 0.05) is 23.4 Å². The molecule has 2 aromatic heterocycles. The van der Waals surface area contributed by atoms with E-state index in [9.17, 15) is 4.79 Å². The SMILES string of the molecule is COc1cc(OC)c2[nH]c(C(=O)N(Cc3ccc([C@@H]4C[C@H]4C)o3)C3CC3)cc2c1. The number of amides is 1. The van der Waals surface area contributed by atoms with Gasteiger partial charge in [0.15, 0.2) is 0 Å². The van der Waals surface area contributed by atoms with Gasteiger partial charge >= 0.3 is 0 Å². The van der Waals surface area contributed by atoms with Crippen LogP contribution < -0.4 is 9.47 Å². The quantitative estimate of drug-likeness (QED) is 0.630. The van der Waals surface area contributed by atoms with E-state index in [2.05, 4.69) is 18.0 Å². The molecule has 2 heterocycles. The molecule has 0 saturated heterocycles. The van der Waals surface area contributed by atoms with Crippen LogP contribution in [-0.2, 0) is 6.54 Å². The average molecular weight is 394 g/mol. The predicted molar refractivity (Wildman–Crippen MR) is 110 cm³/mol. The summed E-state index contributed by atoms with van der Waals surface area (Å²) in [5, 5.41) is 0.892. The lowest BCUT2D eigenvalue weighted by Crippen LogP contribution is -2.32. The van der Waals surface area contributed by atoms with Crippen molar-refractivity contribution in [2.24, 2.45) is 5.92 Å². The Morgan fingerprint density at radius 1 is 1.21 bits per heavy atom. The lowest BCUT2D eigenvalue weighted by Gasteiger charge is -2.20. The molecule has 2 aliphatic carbocycles. The van der Waals surface area contributed by atoms with Crippen LogP contribution >= 0.6 is 0 Å². The van der Waals surface area contributed by atoms with Gasteiger partial charge in [-0.15, -0.1) is 0 Å². The normalized spacial score (nSPS) is 20.7. The van der Waals surface area contributed by atoms with Crippen LogP contribution in [0.15, 0.2) is 34.7 Å². The molecule has 29 heavy (non-hydrogen) atoms. The zero-order valence-corrected chi connectivity index (χ0v) is 17.0. The Hall–Kier alpha value is -2.89. The molecule has 0 aliphatic heterocycles. The van der Waals surface area contributed by atoms with E-state index in [4.69, 9.17) is 13.9 Å². The first-order valence-electron chi connectivity index (χ1n) is 10.2. The number of ether oxygens (including phenoxy) is 2. The van der Waals surface area contributed by atoms with Gasteiger partial charge in [0.05, 0.1) is 26.3 Å². The molecule has 0 spiro atoms. The van der Waals surface area contributed by atoms with Crippen molar-refractivity contribution in [3.05, 3.63) is 47.5 Å². The number of furan rings is 1. The van der Waals surface area contributed by atoms with E-state index in [-0.39, 0.29) is 11.9 Å². The van der Waals surface area contributed by atoms with Gasteiger partial charge in [-0.05, 0) is 49.4 Å². The first-order valence-corrected chi connectivity index (χ1v) is 10.2. The summed E-state index contributed by atoms with van der Waals surface area (Å²) in [5.41, 5.74) is 1.36. The number of rotatable bonds is 7. The largest absolute Gasteiger partial charge is 0.497 e. The van der Waals surface area contributed by atoms with Crippen molar-refractivity contribution in [1.29, 1.82) is 0 Å². The molecule has 2 aliphatic rings. The van der Waals surface area contributed by atoms with Crippen LogP contribution in [0, 0.1) is 5.92 Å². The maximum Gasteiger partial charge on any atom is 0.270 e. The van der Waals surface area contributed by atoms with Gasteiger partial charge < -0.3 is 23.8 Å². The van der Waals surface area contributed by atoms with Crippen molar-refractivity contribution in [3.63, 3.8) is 0 Å². The lowest BCUT2D eigenvalue weighted by atomic mass is 10.2. The minimum atomic E-state index is -0.0116. The van der Waals surface area contributed by atoms with Crippen LogP contribution in [0.2, 0.25) is 0 Å². The molecule has 1 aromatic carbocycles. The average Bonchev–Trinajstić information content (AvgIpc) is 3.61. The molecule has 2 fully saturated rings. The molecule has 0 unspecified atom stereocenters. The second-order valence-corrected chi connectivity index (χ2v) is 8.26. The van der Waals surface area contributed by atoms with Crippen LogP contribution in [0.5, 0.6) is 11.5 Å². The van der Waals surface area contributed by atoms with Crippen molar-refractivity contribution >= 4 is 16.8 Å². The number of nitrogens with zero attached hydrogens (tertiary/aromatic N) is 1. The standard InChI is InChI=1S/C23H26N2O4/c1-13-8-18(13)20-7-6-16(29-20)12-25(15-4-5-15)23(26)19-10-14-9-17(27-2)11-21(28-3)22(14)24-19/h6-7,9-11,13,15,18,24H,4-5,8,12H2,1-3H3/t13-,18-/m1/s1. The second-order valence-electron chi connectivity index (χ2n) is 8.26. The predicted octanol–water partition coefficient (Wildman–Crippen LogP) is 4.71. The van der Waals surface area contributed by atoms with Crippen molar-refractivity contribution in [3.8, 4) is 11.5 Å². The highest BCUT2D eigenvalue weighted by Gasteiger charge is 2.38. The van der Waals surface area contributed by atoms with Crippen LogP contribution in [0.1, 0.15) is 54.1 Å². The fourth-order valence-electron chi connectivity index (χ4n) is 4.05. The fourth-order valence-corrected chi connectivity index (χ4v) is 4.05. The zero-order valence-electron chi connectivity index (χ0n) is 17.0. The number of benzene rings is 1. The van der Waals surface area contributed by atoms with E-state index in [1.54, 1.807) is 14.2 Å². The highest BCUT2D eigenvalue weighted by molar-refractivity contribution is 6.00. The first-order chi connectivity index (χ1) is 14.1. The maximum atomic E-state index is 13.3. The molecule has 5 rings (SSSR count). The topological polar surface area (TPSA) is 67.7 Å². The summed E-state index contributed by atoms with van der Waals surface area (Å²) < 4.78 is 16.9. The summed E-state index contributed by atoms with van der Waals surface area (Å²) in [5.74, 6) is 4.50. The number of carbonyl (C=O) groups is 1. The summed E-state index contributed by atoms with van der Waals surface area (Å²) in [6.07, 6.45) is 3.27. The Bertz CT molecular complexity index is 1060. The molecule has 0 bridgehead atoms. The summed E-state index contributed by atoms with van der Waals surface area (Å²) in [7, 11) is 3.23. The van der Waals surface area contributed by atoms with Gasteiger partial charge in [-0.25, -0.2) is 0 Å². The van der Waals surface area contributed by atoms with E-state index in [1.165, 1.54) is 6.42 Å². The van der Waals surface area contributed by atoms with E-state index in [0.29, 0.717) is 35.6 Å². The third-order valence-corrected chi connectivity index (χ3v) is 6.08. The van der Waals surface area contributed by atoms with E-state index < -0.39 is 0 Å². The van der Waals surface area contributed by atoms with Gasteiger partial charge in [-0.3, -0.25) is 4.79 Å². The fraction of sp³-hybridized carbons (Fsp3) is 0.435. The molecule has 1 amide bonds. The molecular weight excluding hydrogens is 368 g/mol. The van der Waals surface area contributed by atoms with Gasteiger partial charge in [0.25, 0.3) is 5.91 Å². The molecular formula is C23H26N2O4. The summed E-state index contributed by atoms with van der Waals surface area (Å²) >= 11 is 0. The van der Waals surface area contributed by atoms with Gasteiger partial charge in [-0.1, -0.05) is 6.92 Å².